The topological polar surface area (TPSA) is 69.0 Å². The van der Waals surface area contributed by atoms with E-state index in [0.717, 1.165) is 41.5 Å². The van der Waals surface area contributed by atoms with E-state index in [9.17, 15) is 0 Å². The molecule has 0 saturated carbocycles. The van der Waals surface area contributed by atoms with Crippen molar-refractivity contribution in [3.05, 3.63) is 47.9 Å². The van der Waals surface area contributed by atoms with Crippen LogP contribution in [0.3, 0.4) is 0 Å². The van der Waals surface area contributed by atoms with Crippen LogP contribution in [0, 0.1) is 13.8 Å². The molecule has 7 heteroatoms. The number of anilines is 1. The number of ether oxygens (including phenoxy) is 1. The number of hydrogen-bond donors (Lipinski definition) is 0. The second-order valence-electron chi connectivity index (χ2n) is 5.95. The monoisotopic (exact) mass is 338 g/mol. The van der Waals surface area contributed by atoms with Crippen molar-refractivity contribution in [3.8, 4) is 17.0 Å². The van der Waals surface area contributed by atoms with Crippen molar-refractivity contribution in [1.29, 1.82) is 0 Å². The van der Waals surface area contributed by atoms with Gasteiger partial charge >= 0.3 is 0 Å². The van der Waals surface area contributed by atoms with Crippen molar-refractivity contribution in [2.75, 3.05) is 25.6 Å². The first kappa shape index (κ1) is 16.9. The highest BCUT2D eigenvalue weighted by atomic mass is 16.5. The molecule has 0 aliphatic heterocycles. The van der Waals surface area contributed by atoms with Crippen LogP contribution in [0.5, 0.6) is 5.75 Å². The summed E-state index contributed by atoms with van der Waals surface area (Å²) in [7, 11) is 3.60. The number of methoxy groups -OCH3 is 1. The molecule has 3 aromatic rings. The van der Waals surface area contributed by atoms with Crippen LogP contribution in [0.1, 0.15) is 11.4 Å². The Morgan fingerprint density at radius 2 is 2.04 bits per heavy atom. The van der Waals surface area contributed by atoms with Gasteiger partial charge in [0.15, 0.2) is 0 Å². The largest absolute Gasteiger partial charge is 0.497 e. The molecule has 0 saturated heterocycles. The highest BCUT2D eigenvalue weighted by Crippen LogP contribution is 2.22. The van der Waals surface area contributed by atoms with Crippen molar-refractivity contribution in [3.63, 3.8) is 0 Å². The minimum atomic E-state index is 0.585. The number of rotatable bonds is 6. The molecule has 0 unspecified atom stereocenters. The standard InChI is InChI=1S/C18H22N6O/c1-13-10-14(2)24(22-13)9-8-23(3)18-20-17(12-19-21-18)15-6-5-7-16(11-15)25-4/h5-7,10-12H,8-9H2,1-4H3. The average Bonchev–Trinajstić information content (AvgIpc) is 2.97. The molecule has 130 valence electrons. The summed E-state index contributed by atoms with van der Waals surface area (Å²) in [6, 6.07) is 9.82. The molecule has 1 aromatic carbocycles. The minimum Gasteiger partial charge on any atom is -0.497 e. The summed E-state index contributed by atoms with van der Waals surface area (Å²) in [4.78, 5) is 6.60. The first-order valence-corrected chi connectivity index (χ1v) is 8.13. The quantitative estimate of drug-likeness (QED) is 0.688. The summed E-state index contributed by atoms with van der Waals surface area (Å²) in [5.41, 5.74) is 3.89. The zero-order valence-electron chi connectivity index (χ0n) is 15.0. The molecule has 0 amide bonds. The summed E-state index contributed by atoms with van der Waals surface area (Å²) in [6.07, 6.45) is 1.66. The van der Waals surface area contributed by atoms with Crippen molar-refractivity contribution >= 4 is 5.95 Å². The zero-order chi connectivity index (χ0) is 17.8. The Morgan fingerprint density at radius 1 is 1.20 bits per heavy atom. The Bertz CT molecular complexity index is 860. The van der Waals surface area contributed by atoms with Crippen molar-refractivity contribution in [2.24, 2.45) is 0 Å². The Kier molecular flexibility index (Phi) is 4.92. The van der Waals surface area contributed by atoms with Gasteiger partial charge < -0.3 is 9.64 Å². The molecular weight excluding hydrogens is 316 g/mol. The van der Waals surface area contributed by atoms with E-state index in [1.165, 1.54) is 0 Å². The van der Waals surface area contributed by atoms with Gasteiger partial charge in [0.25, 0.3) is 0 Å². The van der Waals surface area contributed by atoms with Gasteiger partial charge in [0.05, 0.1) is 31.2 Å². The van der Waals surface area contributed by atoms with Gasteiger partial charge in [0, 0.05) is 24.8 Å². The first-order valence-electron chi connectivity index (χ1n) is 8.13. The van der Waals surface area contributed by atoms with Gasteiger partial charge in [-0.05, 0) is 32.0 Å². The number of hydrogen-bond acceptors (Lipinski definition) is 6. The third kappa shape index (κ3) is 3.93. The van der Waals surface area contributed by atoms with Gasteiger partial charge in [-0.15, -0.1) is 5.10 Å². The predicted molar refractivity (Wildman–Crippen MR) is 96.8 cm³/mol. The zero-order valence-corrected chi connectivity index (χ0v) is 15.0. The normalized spacial score (nSPS) is 10.7. The van der Waals surface area contributed by atoms with Gasteiger partial charge in [-0.1, -0.05) is 12.1 Å². The van der Waals surface area contributed by atoms with Crippen LogP contribution in [-0.2, 0) is 6.54 Å². The lowest BCUT2D eigenvalue weighted by atomic mass is 10.1. The first-order chi connectivity index (χ1) is 12.1. The van der Waals surface area contributed by atoms with Crippen LogP contribution in [0.25, 0.3) is 11.3 Å². The van der Waals surface area contributed by atoms with E-state index in [-0.39, 0.29) is 0 Å². The molecule has 0 fully saturated rings. The summed E-state index contributed by atoms with van der Waals surface area (Å²) < 4.78 is 7.26. The molecule has 0 radical (unpaired) electrons. The lowest BCUT2D eigenvalue weighted by molar-refractivity contribution is 0.415. The van der Waals surface area contributed by atoms with Crippen LogP contribution in [0.2, 0.25) is 0 Å². The summed E-state index contributed by atoms with van der Waals surface area (Å²) >= 11 is 0. The van der Waals surface area contributed by atoms with E-state index in [0.29, 0.717) is 5.95 Å². The van der Waals surface area contributed by atoms with Gasteiger partial charge in [-0.2, -0.15) is 10.2 Å². The summed E-state index contributed by atoms with van der Waals surface area (Å²) in [6.45, 7) is 5.56. The lowest BCUT2D eigenvalue weighted by Crippen LogP contribution is -2.25. The second-order valence-corrected chi connectivity index (χ2v) is 5.95. The molecule has 25 heavy (non-hydrogen) atoms. The molecule has 0 atom stereocenters. The summed E-state index contributed by atoms with van der Waals surface area (Å²) in [5, 5.41) is 12.7. The fraction of sp³-hybridized carbons (Fsp3) is 0.333. The van der Waals surface area contributed by atoms with E-state index < -0.39 is 0 Å². The Balaban J connectivity index is 1.75. The number of nitrogens with zero attached hydrogens (tertiary/aromatic N) is 6. The average molecular weight is 338 g/mol. The second kappa shape index (κ2) is 7.29. The lowest BCUT2D eigenvalue weighted by Gasteiger charge is -2.17. The van der Waals surface area contributed by atoms with Crippen molar-refractivity contribution in [1.82, 2.24) is 25.0 Å². The third-order valence-electron chi connectivity index (χ3n) is 4.01. The maximum absolute atomic E-state index is 5.27. The fourth-order valence-electron chi connectivity index (χ4n) is 2.62. The number of benzene rings is 1. The highest BCUT2D eigenvalue weighted by molar-refractivity contribution is 5.61. The maximum atomic E-state index is 5.27. The molecule has 0 spiro atoms. The fourth-order valence-corrected chi connectivity index (χ4v) is 2.62. The number of aryl methyl sites for hydroxylation is 2. The summed E-state index contributed by atoms with van der Waals surface area (Å²) in [5.74, 6) is 1.37. The van der Waals surface area contributed by atoms with Crippen LogP contribution >= 0.6 is 0 Å². The number of aromatic nitrogens is 5. The molecule has 0 N–H and O–H groups in total. The third-order valence-corrected chi connectivity index (χ3v) is 4.01. The SMILES string of the molecule is COc1cccc(-c2cnnc(N(C)CCn3nc(C)cc3C)n2)c1. The van der Waals surface area contributed by atoms with Crippen LogP contribution < -0.4 is 9.64 Å². The van der Waals surface area contributed by atoms with E-state index >= 15 is 0 Å². The predicted octanol–water partition coefficient (Wildman–Crippen LogP) is 2.50. The highest BCUT2D eigenvalue weighted by Gasteiger charge is 2.10. The molecule has 0 aliphatic carbocycles. The Morgan fingerprint density at radius 3 is 2.76 bits per heavy atom. The van der Waals surface area contributed by atoms with Gasteiger partial charge in [-0.3, -0.25) is 4.68 Å². The van der Waals surface area contributed by atoms with Crippen LogP contribution in [0.4, 0.5) is 5.95 Å². The van der Waals surface area contributed by atoms with Gasteiger partial charge in [-0.25, -0.2) is 4.98 Å². The van der Waals surface area contributed by atoms with Gasteiger partial charge in [0.1, 0.15) is 5.75 Å². The van der Waals surface area contributed by atoms with E-state index in [1.54, 1.807) is 13.3 Å². The van der Waals surface area contributed by atoms with Crippen LogP contribution in [0.15, 0.2) is 36.5 Å². The maximum Gasteiger partial charge on any atom is 0.245 e. The molecule has 2 aromatic heterocycles. The minimum absolute atomic E-state index is 0.585. The smallest absolute Gasteiger partial charge is 0.245 e. The van der Waals surface area contributed by atoms with Crippen molar-refractivity contribution < 1.29 is 4.74 Å². The Hall–Kier alpha value is -2.96. The van der Waals surface area contributed by atoms with E-state index in [2.05, 4.69) is 33.3 Å². The molecule has 0 bridgehead atoms. The Labute approximate surface area is 147 Å². The molecule has 3 rings (SSSR count). The van der Waals surface area contributed by atoms with Crippen LogP contribution in [-0.4, -0.2) is 45.7 Å². The number of likely N-dealkylation sites (N-methyl/N-ethyl adjacent to an activating group) is 1. The van der Waals surface area contributed by atoms with E-state index in [1.807, 2.05) is 47.8 Å². The molecule has 7 nitrogen and oxygen atoms in total. The molecule has 2 heterocycles. The molecule has 0 aliphatic rings. The van der Waals surface area contributed by atoms with E-state index in [4.69, 9.17) is 4.74 Å². The molecular formula is C18H22N6O. The van der Waals surface area contributed by atoms with Crippen molar-refractivity contribution in [2.45, 2.75) is 20.4 Å². The van der Waals surface area contributed by atoms with Gasteiger partial charge in [0.2, 0.25) is 5.95 Å².